The van der Waals surface area contributed by atoms with Gasteiger partial charge < -0.3 is 9.84 Å². The molecule has 1 fully saturated rings. The van der Waals surface area contributed by atoms with Gasteiger partial charge in [-0.1, -0.05) is 0 Å². The Morgan fingerprint density at radius 1 is 1.15 bits per heavy atom. The average molecular weight is 378 g/mol. The summed E-state index contributed by atoms with van der Waals surface area (Å²) in [6.45, 7) is 4.53. The van der Waals surface area contributed by atoms with E-state index in [9.17, 15) is 9.90 Å². The van der Waals surface area contributed by atoms with Crippen molar-refractivity contribution in [2.45, 2.75) is 6.54 Å². The predicted molar refractivity (Wildman–Crippen MR) is 99.8 cm³/mol. The van der Waals surface area contributed by atoms with Crippen molar-refractivity contribution in [1.29, 1.82) is 0 Å². The SMILES string of the molecule is Cl.O=c1[nH]c2ncc(-c3ccc(O)cc3)nc2n1CCN1CCOCC1. The quantitative estimate of drug-likeness (QED) is 0.710. The second-order valence-corrected chi connectivity index (χ2v) is 6.01. The first-order chi connectivity index (χ1) is 12.2. The van der Waals surface area contributed by atoms with Crippen molar-refractivity contribution in [3.05, 3.63) is 40.9 Å². The highest BCUT2D eigenvalue weighted by Gasteiger charge is 2.14. The first-order valence-corrected chi connectivity index (χ1v) is 8.26. The summed E-state index contributed by atoms with van der Waals surface area (Å²) in [5.41, 5.74) is 2.32. The number of halogens is 1. The molecule has 9 heteroatoms. The summed E-state index contributed by atoms with van der Waals surface area (Å²) in [6, 6.07) is 6.75. The number of hydrogen-bond donors (Lipinski definition) is 2. The summed E-state index contributed by atoms with van der Waals surface area (Å²) in [4.78, 5) is 26.2. The highest BCUT2D eigenvalue weighted by atomic mass is 35.5. The van der Waals surface area contributed by atoms with Gasteiger partial charge in [0.15, 0.2) is 11.3 Å². The smallest absolute Gasteiger partial charge is 0.328 e. The van der Waals surface area contributed by atoms with Crippen LogP contribution in [-0.4, -0.2) is 62.4 Å². The molecule has 0 bridgehead atoms. The molecule has 0 radical (unpaired) electrons. The molecule has 2 N–H and O–H groups in total. The molecule has 4 rings (SSSR count). The maximum atomic E-state index is 12.3. The molecule has 0 aliphatic carbocycles. The van der Waals surface area contributed by atoms with Gasteiger partial charge in [-0.15, -0.1) is 12.4 Å². The van der Waals surface area contributed by atoms with Crippen LogP contribution in [0.3, 0.4) is 0 Å². The van der Waals surface area contributed by atoms with Gasteiger partial charge in [-0.3, -0.25) is 14.5 Å². The lowest BCUT2D eigenvalue weighted by Gasteiger charge is -2.26. The number of benzene rings is 1. The van der Waals surface area contributed by atoms with E-state index in [4.69, 9.17) is 4.74 Å². The molecule has 0 amide bonds. The van der Waals surface area contributed by atoms with Gasteiger partial charge >= 0.3 is 5.69 Å². The molecule has 3 heterocycles. The van der Waals surface area contributed by atoms with Crippen LogP contribution >= 0.6 is 12.4 Å². The predicted octanol–water partition coefficient (Wildman–Crippen LogP) is 1.25. The highest BCUT2D eigenvalue weighted by Crippen LogP contribution is 2.20. The van der Waals surface area contributed by atoms with Crippen LogP contribution in [0.1, 0.15) is 0 Å². The Morgan fingerprint density at radius 2 is 1.88 bits per heavy atom. The molecule has 1 aromatic carbocycles. The van der Waals surface area contributed by atoms with E-state index in [2.05, 4.69) is 19.9 Å². The first-order valence-electron chi connectivity index (χ1n) is 8.26. The largest absolute Gasteiger partial charge is 0.508 e. The molecule has 3 aromatic rings. The molecule has 2 aromatic heterocycles. The number of morpholine rings is 1. The monoisotopic (exact) mass is 377 g/mol. The first kappa shape index (κ1) is 18.4. The van der Waals surface area contributed by atoms with E-state index in [-0.39, 0.29) is 23.8 Å². The minimum Gasteiger partial charge on any atom is -0.508 e. The van der Waals surface area contributed by atoms with Gasteiger partial charge in [0.25, 0.3) is 0 Å². The Hall–Kier alpha value is -2.42. The van der Waals surface area contributed by atoms with Gasteiger partial charge in [-0.2, -0.15) is 0 Å². The number of aromatic amines is 1. The Labute approximate surface area is 155 Å². The normalized spacial score (nSPS) is 15.1. The number of nitrogens with zero attached hydrogens (tertiary/aromatic N) is 4. The maximum Gasteiger partial charge on any atom is 0.328 e. The number of hydrogen-bond acceptors (Lipinski definition) is 6. The number of phenols is 1. The van der Waals surface area contributed by atoms with Crippen molar-refractivity contribution in [1.82, 2.24) is 24.4 Å². The van der Waals surface area contributed by atoms with Gasteiger partial charge in [-0.05, 0) is 24.3 Å². The molecule has 0 unspecified atom stereocenters. The average Bonchev–Trinajstić information content (AvgIpc) is 2.96. The number of rotatable bonds is 4. The topological polar surface area (TPSA) is 96.3 Å². The van der Waals surface area contributed by atoms with E-state index in [1.54, 1.807) is 35.0 Å². The number of fused-ring (bicyclic) bond motifs is 1. The van der Waals surface area contributed by atoms with E-state index < -0.39 is 0 Å². The summed E-state index contributed by atoms with van der Waals surface area (Å²) in [5, 5.41) is 9.42. The number of aromatic nitrogens is 4. The number of nitrogens with one attached hydrogen (secondary N) is 1. The summed E-state index contributed by atoms with van der Waals surface area (Å²) in [6.07, 6.45) is 1.62. The third-order valence-electron chi connectivity index (χ3n) is 4.39. The number of ether oxygens (including phenoxy) is 1. The molecule has 1 saturated heterocycles. The third kappa shape index (κ3) is 3.72. The fraction of sp³-hybridized carbons (Fsp3) is 0.353. The third-order valence-corrected chi connectivity index (χ3v) is 4.39. The van der Waals surface area contributed by atoms with Crippen LogP contribution in [0.5, 0.6) is 5.75 Å². The second-order valence-electron chi connectivity index (χ2n) is 6.01. The molecular formula is C17H20ClN5O3. The molecule has 0 spiro atoms. The zero-order valence-electron chi connectivity index (χ0n) is 14.1. The number of aromatic hydroxyl groups is 1. The van der Waals surface area contributed by atoms with Crippen LogP contribution in [0.2, 0.25) is 0 Å². The minimum atomic E-state index is -0.203. The Kier molecular flexibility index (Phi) is 5.55. The van der Waals surface area contributed by atoms with E-state index in [1.165, 1.54) is 0 Å². The minimum absolute atomic E-state index is 0. The zero-order valence-corrected chi connectivity index (χ0v) is 14.9. The molecule has 1 aliphatic rings. The van der Waals surface area contributed by atoms with Crippen molar-refractivity contribution in [3.63, 3.8) is 0 Å². The van der Waals surface area contributed by atoms with Crippen molar-refractivity contribution in [2.24, 2.45) is 0 Å². The van der Waals surface area contributed by atoms with Crippen molar-refractivity contribution in [3.8, 4) is 17.0 Å². The van der Waals surface area contributed by atoms with Gasteiger partial charge in [0.05, 0.1) is 25.1 Å². The van der Waals surface area contributed by atoms with Gasteiger partial charge in [-0.25, -0.2) is 14.8 Å². The van der Waals surface area contributed by atoms with E-state index >= 15 is 0 Å². The highest BCUT2D eigenvalue weighted by molar-refractivity contribution is 5.85. The Bertz CT molecular complexity index is 932. The molecule has 26 heavy (non-hydrogen) atoms. The van der Waals surface area contributed by atoms with Crippen LogP contribution in [0.4, 0.5) is 0 Å². The lowest BCUT2D eigenvalue weighted by Crippen LogP contribution is -2.39. The van der Waals surface area contributed by atoms with Crippen LogP contribution in [0, 0.1) is 0 Å². The Balaban J connectivity index is 0.00000196. The summed E-state index contributed by atoms with van der Waals surface area (Å²) < 4.78 is 6.97. The van der Waals surface area contributed by atoms with Crippen LogP contribution in [0.25, 0.3) is 22.6 Å². The molecule has 0 saturated carbocycles. The lowest BCUT2D eigenvalue weighted by atomic mass is 10.1. The maximum absolute atomic E-state index is 12.3. The van der Waals surface area contributed by atoms with Crippen molar-refractivity contribution in [2.75, 3.05) is 32.8 Å². The molecular weight excluding hydrogens is 358 g/mol. The van der Waals surface area contributed by atoms with Crippen molar-refractivity contribution < 1.29 is 9.84 Å². The van der Waals surface area contributed by atoms with Crippen LogP contribution in [-0.2, 0) is 11.3 Å². The second kappa shape index (κ2) is 7.86. The molecule has 0 atom stereocenters. The van der Waals surface area contributed by atoms with Crippen LogP contribution in [0.15, 0.2) is 35.3 Å². The van der Waals surface area contributed by atoms with Crippen LogP contribution < -0.4 is 5.69 Å². The molecule has 1 aliphatic heterocycles. The number of H-pyrrole nitrogens is 1. The Morgan fingerprint density at radius 3 is 2.62 bits per heavy atom. The molecule has 8 nitrogen and oxygen atoms in total. The number of imidazole rings is 1. The summed E-state index contributed by atoms with van der Waals surface area (Å²) >= 11 is 0. The zero-order chi connectivity index (χ0) is 17.2. The molecule has 138 valence electrons. The van der Waals surface area contributed by atoms with Gasteiger partial charge in [0, 0.05) is 31.7 Å². The van der Waals surface area contributed by atoms with Gasteiger partial charge in [0.1, 0.15) is 5.75 Å². The van der Waals surface area contributed by atoms with E-state index in [0.29, 0.717) is 23.5 Å². The van der Waals surface area contributed by atoms with Gasteiger partial charge in [0.2, 0.25) is 0 Å². The fourth-order valence-electron chi connectivity index (χ4n) is 2.97. The lowest BCUT2D eigenvalue weighted by molar-refractivity contribution is 0.0364. The van der Waals surface area contributed by atoms with Crippen molar-refractivity contribution >= 4 is 23.7 Å². The standard InChI is InChI=1S/C17H19N5O3.ClH/c23-13-3-1-12(2-4-13)14-11-18-15-16(19-14)22(17(24)20-15)6-5-21-7-9-25-10-8-21;/h1-4,11,23H,5-10H2,(H,18,20,24);1H. The van der Waals surface area contributed by atoms with E-state index in [0.717, 1.165) is 38.4 Å². The van der Waals surface area contributed by atoms with E-state index in [1.807, 2.05) is 0 Å². The summed E-state index contributed by atoms with van der Waals surface area (Å²) in [5.74, 6) is 0.196. The number of phenolic OH excluding ortho intramolecular Hbond substituents is 1. The summed E-state index contributed by atoms with van der Waals surface area (Å²) in [7, 11) is 0. The fourth-order valence-corrected chi connectivity index (χ4v) is 2.97.